The normalized spacial score (nSPS) is 11.7. The summed E-state index contributed by atoms with van der Waals surface area (Å²) in [6.45, 7) is 3.62. The summed E-state index contributed by atoms with van der Waals surface area (Å²) in [5, 5.41) is 12.7. The molecule has 0 fully saturated rings. The van der Waals surface area contributed by atoms with E-state index in [1.165, 1.54) is 12.4 Å². The second-order valence-electron chi connectivity index (χ2n) is 3.56. The average molecular weight is 278 g/mol. The van der Waals surface area contributed by atoms with Crippen LogP contribution in [-0.2, 0) is 0 Å². The van der Waals surface area contributed by atoms with Crippen LogP contribution in [0.2, 0.25) is 5.15 Å². The van der Waals surface area contributed by atoms with Gasteiger partial charge in [-0.3, -0.25) is 0 Å². The lowest BCUT2D eigenvalue weighted by molar-refractivity contribution is 0.00741. The van der Waals surface area contributed by atoms with E-state index in [0.717, 1.165) is 0 Å². The van der Waals surface area contributed by atoms with Gasteiger partial charge in [-0.05, 0) is 12.1 Å². The van der Waals surface area contributed by atoms with Crippen molar-refractivity contribution in [3.8, 4) is 5.75 Å². The minimum absolute atomic E-state index is 0.249. The molecule has 2 N–H and O–H groups in total. The summed E-state index contributed by atoms with van der Waals surface area (Å²) in [5.74, 6) is 0.876. The summed E-state index contributed by atoms with van der Waals surface area (Å²) in [6, 6.07) is 8.92. The standard InChI is InChI=1S/C13H12ClN3O2/c1-2-10-11(14)15-8-16-12(10)17-13(18)19-9-6-4-3-5-7-9/h2-8,13,18H,1H2,(H,15,16,17). The van der Waals surface area contributed by atoms with E-state index < -0.39 is 6.41 Å². The van der Waals surface area contributed by atoms with Gasteiger partial charge in [0.25, 0.3) is 6.41 Å². The summed E-state index contributed by atoms with van der Waals surface area (Å²) in [7, 11) is 0. The van der Waals surface area contributed by atoms with Crippen molar-refractivity contribution >= 4 is 23.5 Å². The first-order valence-electron chi connectivity index (χ1n) is 5.50. The Morgan fingerprint density at radius 2 is 2.05 bits per heavy atom. The summed E-state index contributed by atoms with van der Waals surface area (Å²) < 4.78 is 5.26. The molecule has 0 amide bonds. The molecule has 1 heterocycles. The number of aliphatic hydroxyl groups excluding tert-OH is 1. The van der Waals surface area contributed by atoms with Gasteiger partial charge in [0, 0.05) is 0 Å². The molecule has 98 valence electrons. The van der Waals surface area contributed by atoms with Crippen LogP contribution in [0.3, 0.4) is 0 Å². The van der Waals surface area contributed by atoms with E-state index in [1.54, 1.807) is 24.3 Å². The van der Waals surface area contributed by atoms with Crippen LogP contribution >= 0.6 is 11.6 Å². The molecule has 2 rings (SSSR count). The lowest BCUT2D eigenvalue weighted by atomic mass is 10.3. The Morgan fingerprint density at radius 1 is 1.32 bits per heavy atom. The first kappa shape index (κ1) is 13.3. The molecule has 0 saturated heterocycles. The maximum absolute atomic E-state index is 9.80. The highest BCUT2D eigenvalue weighted by molar-refractivity contribution is 6.31. The number of hydrogen-bond acceptors (Lipinski definition) is 5. The zero-order chi connectivity index (χ0) is 13.7. The van der Waals surface area contributed by atoms with Crippen LogP contribution in [0.25, 0.3) is 6.08 Å². The Labute approximate surface area is 115 Å². The van der Waals surface area contributed by atoms with Crippen molar-refractivity contribution in [2.24, 2.45) is 0 Å². The number of aromatic nitrogens is 2. The van der Waals surface area contributed by atoms with Gasteiger partial charge in [0.1, 0.15) is 23.0 Å². The number of nitrogens with zero attached hydrogens (tertiary/aromatic N) is 2. The lowest BCUT2D eigenvalue weighted by Gasteiger charge is -2.16. The van der Waals surface area contributed by atoms with E-state index in [4.69, 9.17) is 16.3 Å². The zero-order valence-electron chi connectivity index (χ0n) is 9.95. The number of rotatable bonds is 5. The molecule has 0 saturated carbocycles. The quantitative estimate of drug-likeness (QED) is 0.649. The van der Waals surface area contributed by atoms with Crippen LogP contribution in [0.15, 0.2) is 43.2 Å². The molecular formula is C13H12ClN3O2. The third-order valence-corrected chi connectivity index (χ3v) is 2.59. The van der Waals surface area contributed by atoms with Gasteiger partial charge in [0.05, 0.1) is 5.56 Å². The number of aliphatic hydroxyl groups is 1. The van der Waals surface area contributed by atoms with Gasteiger partial charge in [-0.2, -0.15) is 0 Å². The largest absolute Gasteiger partial charge is 0.447 e. The van der Waals surface area contributed by atoms with E-state index in [2.05, 4.69) is 21.9 Å². The van der Waals surface area contributed by atoms with Crippen molar-refractivity contribution in [1.82, 2.24) is 9.97 Å². The smallest absolute Gasteiger partial charge is 0.280 e. The van der Waals surface area contributed by atoms with E-state index in [0.29, 0.717) is 17.1 Å². The predicted octanol–water partition coefficient (Wildman–Crippen LogP) is 2.54. The fraction of sp³-hybridized carbons (Fsp3) is 0.0769. The molecular weight excluding hydrogens is 266 g/mol. The van der Waals surface area contributed by atoms with Crippen LogP contribution in [0.5, 0.6) is 5.75 Å². The van der Waals surface area contributed by atoms with E-state index >= 15 is 0 Å². The number of halogens is 1. The van der Waals surface area contributed by atoms with Crippen molar-refractivity contribution in [2.45, 2.75) is 6.41 Å². The maximum atomic E-state index is 9.80. The van der Waals surface area contributed by atoms with Crippen molar-refractivity contribution in [3.63, 3.8) is 0 Å². The fourth-order valence-electron chi connectivity index (χ4n) is 1.44. The summed E-state index contributed by atoms with van der Waals surface area (Å²) in [4.78, 5) is 7.80. The highest BCUT2D eigenvalue weighted by Crippen LogP contribution is 2.21. The highest BCUT2D eigenvalue weighted by atomic mass is 35.5. The molecule has 2 aromatic rings. The molecule has 1 unspecified atom stereocenters. The molecule has 0 aliphatic rings. The number of nitrogens with one attached hydrogen (secondary N) is 1. The Kier molecular flexibility index (Phi) is 4.33. The van der Waals surface area contributed by atoms with Crippen molar-refractivity contribution in [1.29, 1.82) is 0 Å². The first-order chi connectivity index (χ1) is 9.20. The zero-order valence-corrected chi connectivity index (χ0v) is 10.7. The second-order valence-corrected chi connectivity index (χ2v) is 3.92. The summed E-state index contributed by atoms with van der Waals surface area (Å²) in [6.07, 6.45) is 1.53. The molecule has 0 radical (unpaired) electrons. The molecule has 0 aliphatic carbocycles. The fourth-order valence-corrected chi connectivity index (χ4v) is 1.65. The SMILES string of the molecule is C=Cc1c(Cl)ncnc1NC(O)Oc1ccccc1. The number of ether oxygens (including phenoxy) is 1. The Balaban J connectivity index is 2.09. The number of para-hydroxylation sites is 1. The minimum Gasteiger partial charge on any atom is -0.447 e. The average Bonchev–Trinajstić information content (AvgIpc) is 2.40. The number of anilines is 1. The predicted molar refractivity (Wildman–Crippen MR) is 73.8 cm³/mol. The van der Waals surface area contributed by atoms with Crippen molar-refractivity contribution in [2.75, 3.05) is 5.32 Å². The molecule has 0 spiro atoms. The van der Waals surface area contributed by atoms with E-state index in [-0.39, 0.29) is 5.15 Å². The number of hydrogen-bond donors (Lipinski definition) is 2. The van der Waals surface area contributed by atoms with Gasteiger partial charge in [-0.25, -0.2) is 9.97 Å². The second kappa shape index (κ2) is 6.17. The topological polar surface area (TPSA) is 67.3 Å². The van der Waals surface area contributed by atoms with Gasteiger partial charge in [0.15, 0.2) is 0 Å². The van der Waals surface area contributed by atoms with Gasteiger partial charge < -0.3 is 15.2 Å². The van der Waals surface area contributed by atoms with E-state index in [9.17, 15) is 5.11 Å². The van der Waals surface area contributed by atoms with Crippen LogP contribution in [-0.4, -0.2) is 21.5 Å². The molecule has 1 aromatic carbocycles. The number of benzene rings is 1. The third-order valence-electron chi connectivity index (χ3n) is 2.29. The molecule has 19 heavy (non-hydrogen) atoms. The Bertz CT molecular complexity index is 563. The van der Waals surface area contributed by atoms with Crippen LogP contribution < -0.4 is 10.1 Å². The Hall–Kier alpha value is -2.11. The Morgan fingerprint density at radius 3 is 2.74 bits per heavy atom. The third kappa shape index (κ3) is 3.43. The van der Waals surface area contributed by atoms with Crippen molar-refractivity contribution < 1.29 is 9.84 Å². The summed E-state index contributed by atoms with van der Waals surface area (Å²) >= 11 is 5.89. The van der Waals surface area contributed by atoms with Gasteiger partial charge in [-0.15, -0.1) is 0 Å². The molecule has 6 heteroatoms. The monoisotopic (exact) mass is 277 g/mol. The maximum Gasteiger partial charge on any atom is 0.280 e. The molecule has 5 nitrogen and oxygen atoms in total. The molecule has 0 aliphatic heterocycles. The van der Waals surface area contributed by atoms with Gasteiger partial charge >= 0.3 is 0 Å². The molecule has 0 bridgehead atoms. The first-order valence-corrected chi connectivity index (χ1v) is 5.87. The molecule has 1 aromatic heterocycles. The van der Waals surface area contributed by atoms with Crippen LogP contribution in [0, 0.1) is 0 Å². The van der Waals surface area contributed by atoms with E-state index in [1.807, 2.05) is 6.07 Å². The van der Waals surface area contributed by atoms with Gasteiger partial charge in [0.2, 0.25) is 0 Å². The minimum atomic E-state index is -1.26. The van der Waals surface area contributed by atoms with Crippen LogP contribution in [0.4, 0.5) is 5.82 Å². The van der Waals surface area contributed by atoms with Gasteiger partial charge in [-0.1, -0.05) is 42.5 Å². The molecule has 1 atom stereocenters. The lowest BCUT2D eigenvalue weighted by Crippen LogP contribution is -2.26. The highest BCUT2D eigenvalue weighted by Gasteiger charge is 2.11. The summed E-state index contributed by atoms with van der Waals surface area (Å²) in [5.41, 5.74) is 0.500. The van der Waals surface area contributed by atoms with Crippen LogP contribution in [0.1, 0.15) is 5.56 Å². The van der Waals surface area contributed by atoms with Crippen molar-refractivity contribution in [3.05, 3.63) is 54.0 Å².